The number of benzene rings is 4. The Kier molecular flexibility index (Phi) is 10.8. The van der Waals surface area contributed by atoms with Crippen molar-refractivity contribution in [2.75, 3.05) is 24.0 Å². The van der Waals surface area contributed by atoms with Crippen LogP contribution in [-0.4, -0.2) is 37.0 Å². The molecule has 0 aliphatic carbocycles. The number of aryl methyl sites for hydroxylation is 1. The van der Waals surface area contributed by atoms with Crippen molar-refractivity contribution in [3.8, 4) is 11.1 Å². The van der Waals surface area contributed by atoms with Crippen molar-refractivity contribution < 1.29 is 14.3 Å². The summed E-state index contributed by atoms with van der Waals surface area (Å²) in [5.41, 5.74) is 7.15. The van der Waals surface area contributed by atoms with Crippen LogP contribution >= 0.6 is 11.8 Å². The Labute approximate surface area is 252 Å². The first-order valence-electron chi connectivity index (χ1n) is 13.8. The van der Waals surface area contributed by atoms with E-state index in [2.05, 4.69) is 33.3 Å². The Balaban J connectivity index is 1.70. The Morgan fingerprint density at radius 1 is 0.905 bits per heavy atom. The summed E-state index contributed by atoms with van der Waals surface area (Å²) in [4.78, 5) is 31.8. The van der Waals surface area contributed by atoms with E-state index in [1.165, 1.54) is 7.11 Å². The van der Waals surface area contributed by atoms with Gasteiger partial charge in [0, 0.05) is 24.3 Å². The summed E-state index contributed by atoms with van der Waals surface area (Å²) in [6, 6.07) is 31.0. The number of para-hydroxylation sites is 1. The third-order valence-electron chi connectivity index (χ3n) is 7.10. The molecule has 214 valence electrons. The lowest BCUT2D eigenvalue weighted by Crippen LogP contribution is -2.42. The Bertz CT molecular complexity index is 1550. The fraction of sp³-hybridized carbons (Fsp3) is 0.229. The second kappa shape index (κ2) is 14.9. The van der Waals surface area contributed by atoms with E-state index in [1.54, 1.807) is 11.8 Å². The standard InChI is InChI=1S/C35H35N3O3S/c1-25-10-8-9-13-30(25)32-22-27(16-19-31(32)34(39)37-33(20-21-42-4)35(40)41-3)24-38(29-11-6-5-7-12-29)23-26-14-17-28(36-2)18-15-26/h5-19,22,33H,20-21,23-24H2,1,3-4H3,(H,37,39). The average molecular weight is 578 g/mol. The largest absolute Gasteiger partial charge is 0.467 e. The van der Waals surface area contributed by atoms with Crippen molar-refractivity contribution in [1.29, 1.82) is 0 Å². The summed E-state index contributed by atoms with van der Waals surface area (Å²) in [5, 5.41) is 2.92. The summed E-state index contributed by atoms with van der Waals surface area (Å²) in [5.74, 6) is -0.0370. The number of carbonyl (C=O) groups is 2. The molecule has 0 aromatic heterocycles. The molecule has 1 unspecified atom stereocenters. The minimum absolute atomic E-state index is 0.309. The van der Waals surface area contributed by atoms with Gasteiger partial charge in [0.1, 0.15) is 6.04 Å². The van der Waals surface area contributed by atoms with E-state index in [9.17, 15) is 9.59 Å². The van der Waals surface area contributed by atoms with Crippen molar-refractivity contribution in [2.45, 2.75) is 32.5 Å². The maximum absolute atomic E-state index is 13.6. The first-order chi connectivity index (χ1) is 20.4. The molecule has 0 bridgehead atoms. The van der Waals surface area contributed by atoms with Gasteiger partial charge in [-0.1, -0.05) is 72.8 Å². The minimum atomic E-state index is -0.720. The summed E-state index contributed by atoms with van der Waals surface area (Å²) >= 11 is 1.61. The van der Waals surface area contributed by atoms with Crippen LogP contribution in [0, 0.1) is 13.5 Å². The van der Waals surface area contributed by atoms with Gasteiger partial charge in [-0.25, -0.2) is 9.64 Å². The lowest BCUT2D eigenvalue weighted by molar-refractivity contribution is -0.142. The van der Waals surface area contributed by atoms with Crippen LogP contribution in [0.15, 0.2) is 97.1 Å². The summed E-state index contributed by atoms with van der Waals surface area (Å²) in [6.07, 6.45) is 2.45. The number of carbonyl (C=O) groups excluding carboxylic acids is 2. The van der Waals surface area contributed by atoms with Gasteiger partial charge in [-0.3, -0.25) is 4.79 Å². The van der Waals surface area contributed by atoms with Crippen molar-refractivity contribution in [2.24, 2.45) is 0 Å². The van der Waals surface area contributed by atoms with Crippen LogP contribution in [0.25, 0.3) is 16.0 Å². The maximum Gasteiger partial charge on any atom is 0.328 e. The predicted molar refractivity (Wildman–Crippen MR) is 172 cm³/mol. The number of methoxy groups -OCH3 is 1. The minimum Gasteiger partial charge on any atom is -0.467 e. The summed E-state index contributed by atoms with van der Waals surface area (Å²) < 4.78 is 4.96. The van der Waals surface area contributed by atoms with Gasteiger partial charge in [0.15, 0.2) is 5.69 Å². The normalized spacial score (nSPS) is 11.3. The molecule has 0 heterocycles. The lowest BCUT2D eigenvalue weighted by Gasteiger charge is -2.26. The SMILES string of the molecule is [C-]#[N+]c1ccc(CN(Cc2ccc(C(=O)NC(CCSC)C(=O)OC)c(-c3ccccc3C)c2)c2ccccc2)cc1. The van der Waals surface area contributed by atoms with Crippen molar-refractivity contribution >= 4 is 35.0 Å². The third kappa shape index (κ3) is 7.80. The summed E-state index contributed by atoms with van der Waals surface area (Å²) in [6.45, 7) is 10.5. The van der Waals surface area contributed by atoms with Crippen LogP contribution in [0.4, 0.5) is 11.4 Å². The molecule has 1 atom stereocenters. The monoisotopic (exact) mass is 577 g/mol. The number of amides is 1. The number of nitrogens with zero attached hydrogens (tertiary/aromatic N) is 2. The van der Waals surface area contributed by atoms with E-state index in [4.69, 9.17) is 11.3 Å². The molecular weight excluding hydrogens is 542 g/mol. The first kappa shape index (κ1) is 30.4. The van der Waals surface area contributed by atoms with Crippen LogP contribution in [0.5, 0.6) is 0 Å². The molecule has 0 spiro atoms. The average Bonchev–Trinajstić information content (AvgIpc) is 3.03. The quantitative estimate of drug-likeness (QED) is 0.140. The van der Waals surface area contributed by atoms with Gasteiger partial charge in [-0.2, -0.15) is 11.8 Å². The number of ether oxygens (including phenoxy) is 1. The van der Waals surface area contributed by atoms with Gasteiger partial charge in [-0.05, 0) is 77.4 Å². The van der Waals surface area contributed by atoms with E-state index in [-0.39, 0.29) is 5.91 Å². The zero-order valence-corrected chi connectivity index (χ0v) is 25.0. The smallest absolute Gasteiger partial charge is 0.328 e. The van der Waals surface area contributed by atoms with Crippen molar-refractivity contribution in [3.05, 3.63) is 131 Å². The van der Waals surface area contributed by atoms with E-state index in [1.807, 2.05) is 92.0 Å². The lowest BCUT2D eigenvalue weighted by atomic mass is 9.93. The molecule has 0 aliphatic rings. The molecule has 0 saturated carbocycles. The Morgan fingerprint density at radius 3 is 2.24 bits per heavy atom. The Morgan fingerprint density at radius 2 is 1.57 bits per heavy atom. The van der Waals surface area contributed by atoms with Crippen LogP contribution in [0.2, 0.25) is 0 Å². The van der Waals surface area contributed by atoms with Crippen molar-refractivity contribution in [1.82, 2.24) is 5.32 Å². The fourth-order valence-electron chi connectivity index (χ4n) is 4.84. The van der Waals surface area contributed by atoms with Crippen LogP contribution in [0.3, 0.4) is 0 Å². The van der Waals surface area contributed by atoms with Crippen LogP contribution in [-0.2, 0) is 22.6 Å². The molecule has 42 heavy (non-hydrogen) atoms. The molecule has 4 aromatic carbocycles. The molecular formula is C35H35N3O3S. The number of thioether (sulfide) groups is 1. The molecule has 7 heteroatoms. The molecule has 0 saturated heterocycles. The van der Waals surface area contributed by atoms with Gasteiger partial charge >= 0.3 is 5.97 Å². The van der Waals surface area contributed by atoms with E-state index in [0.29, 0.717) is 30.8 Å². The number of rotatable bonds is 12. The van der Waals surface area contributed by atoms with Gasteiger partial charge in [-0.15, -0.1) is 0 Å². The second-order valence-electron chi connectivity index (χ2n) is 10.00. The van der Waals surface area contributed by atoms with Crippen LogP contribution < -0.4 is 10.2 Å². The molecule has 0 fully saturated rings. The molecule has 6 nitrogen and oxygen atoms in total. The highest BCUT2D eigenvalue weighted by Crippen LogP contribution is 2.30. The fourth-order valence-corrected chi connectivity index (χ4v) is 5.31. The number of nitrogens with one attached hydrogen (secondary N) is 1. The van der Waals surface area contributed by atoms with Gasteiger partial charge in [0.05, 0.1) is 13.7 Å². The zero-order chi connectivity index (χ0) is 29.9. The van der Waals surface area contributed by atoms with Crippen molar-refractivity contribution in [3.63, 3.8) is 0 Å². The molecule has 0 aliphatic heterocycles. The number of esters is 1. The Hall–Kier alpha value is -4.54. The summed E-state index contributed by atoms with van der Waals surface area (Å²) in [7, 11) is 1.34. The van der Waals surface area contributed by atoms with E-state index < -0.39 is 12.0 Å². The third-order valence-corrected chi connectivity index (χ3v) is 7.74. The predicted octanol–water partition coefficient (Wildman–Crippen LogP) is 7.44. The van der Waals surface area contributed by atoms with Gasteiger partial charge < -0.3 is 15.0 Å². The van der Waals surface area contributed by atoms with Crippen LogP contribution in [0.1, 0.15) is 33.5 Å². The van der Waals surface area contributed by atoms with E-state index >= 15 is 0 Å². The van der Waals surface area contributed by atoms with E-state index in [0.717, 1.165) is 39.3 Å². The highest BCUT2D eigenvalue weighted by molar-refractivity contribution is 7.98. The molecule has 1 N–H and O–H groups in total. The topological polar surface area (TPSA) is 63.0 Å². The maximum atomic E-state index is 13.6. The number of anilines is 1. The van der Waals surface area contributed by atoms with Gasteiger partial charge in [0.25, 0.3) is 5.91 Å². The highest BCUT2D eigenvalue weighted by Gasteiger charge is 2.24. The molecule has 0 radical (unpaired) electrons. The second-order valence-corrected chi connectivity index (χ2v) is 11.0. The number of hydrogen-bond donors (Lipinski definition) is 1. The molecule has 1 amide bonds. The zero-order valence-electron chi connectivity index (χ0n) is 24.2. The molecule has 4 rings (SSSR count). The number of hydrogen-bond acceptors (Lipinski definition) is 5. The van der Waals surface area contributed by atoms with Gasteiger partial charge in [0.2, 0.25) is 0 Å². The highest BCUT2D eigenvalue weighted by atomic mass is 32.2. The molecule has 4 aromatic rings. The first-order valence-corrected chi connectivity index (χ1v) is 15.2.